The van der Waals surface area contributed by atoms with Crippen LogP contribution in [0, 0.1) is 19.8 Å². The van der Waals surface area contributed by atoms with Crippen molar-refractivity contribution in [3.8, 4) is 0 Å². The van der Waals surface area contributed by atoms with Gasteiger partial charge in [-0.15, -0.1) is 11.3 Å². The zero-order valence-electron chi connectivity index (χ0n) is 18.9. The number of aryl methyl sites for hydroxylation is 3. The van der Waals surface area contributed by atoms with Crippen LogP contribution < -0.4 is 10.6 Å². The summed E-state index contributed by atoms with van der Waals surface area (Å²) in [6.07, 6.45) is 3.74. The molecule has 1 aromatic carbocycles. The van der Waals surface area contributed by atoms with E-state index in [9.17, 15) is 9.59 Å². The van der Waals surface area contributed by atoms with E-state index in [2.05, 4.69) is 27.5 Å². The second kappa shape index (κ2) is 9.58. The van der Waals surface area contributed by atoms with Gasteiger partial charge >= 0.3 is 0 Å². The predicted octanol–water partition coefficient (Wildman–Crippen LogP) is 5.51. The molecule has 1 aliphatic rings. The van der Waals surface area contributed by atoms with Crippen LogP contribution in [0.4, 0.5) is 11.4 Å². The standard InChI is InChI=1S/C24H28N4O2S2/c1-5-20(29)28-18-11-16(8-7-14(18)3)27-21(30)12-31-23-22-17-9-6-13(2)10-19(17)32-24(22)26-15(4)25-23/h7-8,11,13H,5-6,9-10,12H2,1-4H3,(H,27,30)(H,28,29). The van der Waals surface area contributed by atoms with Gasteiger partial charge in [-0.05, 0) is 62.3 Å². The minimum absolute atomic E-state index is 0.0521. The molecule has 2 N–H and O–H groups in total. The van der Waals surface area contributed by atoms with E-state index in [-0.39, 0.29) is 17.6 Å². The Balaban J connectivity index is 1.49. The van der Waals surface area contributed by atoms with Crippen molar-refractivity contribution in [2.45, 2.75) is 58.4 Å². The smallest absolute Gasteiger partial charge is 0.234 e. The zero-order valence-corrected chi connectivity index (χ0v) is 20.5. The molecule has 0 fully saturated rings. The maximum Gasteiger partial charge on any atom is 0.234 e. The molecule has 2 heterocycles. The number of carbonyl (C=O) groups excluding carboxylic acids is 2. The molecule has 2 aromatic heterocycles. The molecule has 1 aliphatic carbocycles. The van der Waals surface area contributed by atoms with E-state index >= 15 is 0 Å². The van der Waals surface area contributed by atoms with Gasteiger partial charge in [0.05, 0.1) is 5.75 Å². The highest BCUT2D eigenvalue weighted by Crippen LogP contribution is 2.40. The first kappa shape index (κ1) is 22.7. The van der Waals surface area contributed by atoms with E-state index in [1.807, 2.05) is 32.9 Å². The quantitative estimate of drug-likeness (QED) is 0.368. The average molecular weight is 469 g/mol. The lowest BCUT2D eigenvalue weighted by molar-refractivity contribution is -0.116. The maximum atomic E-state index is 12.7. The number of thioether (sulfide) groups is 1. The Morgan fingerprint density at radius 2 is 2.00 bits per heavy atom. The van der Waals surface area contributed by atoms with Gasteiger partial charge in [0.15, 0.2) is 0 Å². The van der Waals surface area contributed by atoms with Gasteiger partial charge in [0, 0.05) is 28.1 Å². The molecule has 6 nitrogen and oxygen atoms in total. The van der Waals surface area contributed by atoms with Crippen LogP contribution >= 0.6 is 23.1 Å². The first-order valence-corrected chi connectivity index (χ1v) is 12.8. The highest BCUT2D eigenvalue weighted by molar-refractivity contribution is 8.00. The van der Waals surface area contributed by atoms with Crippen molar-refractivity contribution in [1.82, 2.24) is 9.97 Å². The summed E-state index contributed by atoms with van der Waals surface area (Å²) < 4.78 is 0. The Kier molecular flexibility index (Phi) is 6.81. The SMILES string of the molecule is CCC(=O)Nc1cc(NC(=O)CSc2nc(C)nc3sc4c(c23)CCC(C)C4)ccc1C. The van der Waals surface area contributed by atoms with Crippen LogP contribution in [0.1, 0.15) is 48.5 Å². The average Bonchev–Trinajstić information content (AvgIpc) is 3.11. The zero-order chi connectivity index (χ0) is 22.8. The van der Waals surface area contributed by atoms with E-state index in [4.69, 9.17) is 0 Å². The molecule has 32 heavy (non-hydrogen) atoms. The van der Waals surface area contributed by atoms with Crippen molar-refractivity contribution < 1.29 is 9.59 Å². The highest BCUT2D eigenvalue weighted by atomic mass is 32.2. The van der Waals surface area contributed by atoms with Gasteiger partial charge in [-0.2, -0.15) is 0 Å². The topological polar surface area (TPSA) is 84.0 Å². The number of thiophene rings is 1. The fourth-order valence-corrected chi connectivity index (χ4v) is 6.31. The second-order valence-corrected chi connectivity index (χ2v) is 10.4. The number of fused-ring (bicyclic) bond motifs is 3. The van der Waals surface area contributed by atoms with Crippen LogP contribution in [-0.4, -0.2) is 27.5 Å². The third-order valence-electron chi connectivity index (χ3n) is 5.69. The van der Waals surface area contributed by atoms with Crippen LogP contribution in [0.2, 0.25) is 0 Å². The van der Waals surface area contributed by atoms with Gasteiger partial charge in [0.1, 0.15) is 15.7 Å². The Labute approximate surface area is 196 Å². The molecular weight excluding hydrogens is 440 g/mol. The molecule has 0 radical (unpaired) electrons. The van der Waals surface area contributed by atoms with Crippen LogP contribution in [-0.2, 0) is 22.4 Å². The minimum Gasteiger partial charge on any atom is -0.326 e. The molecular formula is C24H28N4O2S2. The lowest BCUT2D eigenvalue weighted by Gasteiger charge is -2.18. The van der Waals surface area contributed by atoms with Crippen LogP contribution in [0.25, 0.3) is 10.2 Å². The van der Waals surface area contributed by atoms with E-state index in [0.717, 1.165) is 45.2 Å². The third kappa shape index (κ3) is 4.96. The molecule has 8 heteroatoms. The molecule has 1 atom stereocenters. The molecule has 4 rings (SSSR count). The number of carbonyl (C=O) groups is 2. The summed E-state index contributed by atoms with van der Waals surface area (Å²) in [6, 6.07) is 5.54. The van der Waals surface area contributed by atoms with Gasteiger partial charge in [-0.3, -0.25) is 9.59 Å². The Bertz CT molecular complexity index is 1190. The largest absolute Gasteiger partial charge is 0.326 e. The summed E-state index contributed by atoms with van der Waals surface area (Å²) in [5.74, 6) is 1.55. The van der Waals surface area contributed by atoms with Gasteiger partial charge in [-0.1, -0.05) is 31.7 Å². The number of nitrogens with zero attached hydrogens (tertiary/aromatic N) is 2. The van der Waals surface area contributed by atoms with Crippen molar-refractivity contribution in [3.63, 3.8) is 0 Å². The summed E-state index contributed by atoms with van der Waals surface area (Å²) in [5.41, 5.74) is 3.71. The molecule has 2 amide bonds. The number of amides is 2. The molecule has 0 saturated heterocycles. The van der Waals surface area contributed by atoms with Gasteiger partial charge in [0.2, 0.25) is 11.8 Å². The number of anilines is 2. The highest BCUT2D eigenvalue weighted by Gasteiger charge is 2.24. The summed E-state index contributed by atoms with van der Waals surface area (Å²) in [6.45, 7) is 7.94. The summed E-state index contributed by atoms with van der Waals surface area (Å²) in [7, 11) is 0. The monoisotopic (exact) mass is 468 g/mol. The van der Waals surface area contributed by atoms with Crippen LogP contribution in [0.5, 0.6) is 0 Å². The predicted molar refractivity (Wildman–Crippen MR) is 133 cm³/mol. The fraction of sp³-hybridized carbons (Fsp3) is 0.417. The van der Waals surface area contributed by atoms with Crippen molar-refractivity contribution in [2.24, 2.45) is 5.92 Å². The number of aromatic nitrogens is 2. The van der Waals surface area contributed by atoms with Gasteiger partial charge < -0.3 is 10.6 Å². The Hall–Kier alpha value is -2.45. The number of rotatable bonds is 6. The molecule has 3 aromatic rings. The maximum absolute atomic E-state index is 12.7. The Morgan fingerprint density at radius 1 is 1.19 bits per heavy atom. The second-order valence-electron chi connectivity index (χ2n) is 8.38. The normalized spacial score (nSPS) is 15.4. The first-order chi connectivity index (χ1) is 15.3. The van der Waals surface area contributed by atoms with E-state index < -0.39 is 0 Å². The van der Waals surface area contributed by atoms with Crippen LogP contribution in [0.15, 0.2) is 23.2 Å². The molecule has 0 spiro atoms. The van der Waals surface area contributed by atoms with Crippen molar-refractivity contribution >= 4 is 56.5 Å². The lowest BCUT2D eigenvalue weighted by atomic mass is 9.89. The van der Waals surface area contributed by atoms with Crippen molar-refractivity contribution in [1.29, 1.82) is 0 Å². The molecule has 0 saturated carbocycles. The molecule has 0 aliphatic heterocycles. The first-order valence-electron chi connectivity index (χ1n) is 11.0. The molecule has 0 bridgehead atoms. The van der Waals surface area contributed by atoms with Gasteiger partial charge in [0.25, 0.3) is 0 Å². The van der Waals surface area contributed by atoms with E-state index in [1.165, 1.54) is 28.6 Å². The number of hydrogen-bond donors (Lipinski definition) is 2. The van der Waals surface area contributed by atoms with Gasteiger partial charge in [-0.25, -0.2) is 9.97 Å². The number of hydrogen-bond acceptors (Lipinski definition) is 6. The number of nitrogens with one attached hydrogen (secondary N) is 2. The summed E-state index contributed by atoms with van der Waals surface area (Å²) in [5, 5.41) is 7.86. The summed E-state index contributed by atoms with van der Waals surface area (Å²) in [4.78, 5) is 36.2. The molecule has 168 valence electrons. The van der Waals surface area contributed by atoms with Crippen LogP contribution in [0.3, 0.4) is 0 Å². The van der Waals surface area contributed by atoms with Crippen molar-refractivity contribution in [2.75, 3.05) is 16.4 Å². The van der Waals surface area contributed by atoms with E-state index in [1.54, 1.807) is 17.4 Å². The van der Waals surface area contributed by atoms with Crippen molar-refractivity contribution in [3.05, 3.63) is 40.0 Å². The fourth-order valence-electron chi connectivity index (χ4n) is 3.92. The summed E-state index contributed by atoms with van der Waals surface area (Å²) >= 11 is 3.24. The number of benzene rings is 1. The van der Waals surface area contributed by atoms with E-state index in [0.29, 0.717) is 18.0 Å². The Morgan fingerprint density at radius 3 is 2.78 bits per heavy atom. The minimum atomic E-state index is -0.103. The molecule has 1 unspecified atom stereocenters. The lowest BCUT2D eigenvalue weighted by Crippen LogP contribution is -2.15. The third-order valence-corrected chi connectivity index (χ3v) is 7.81.